The molecule has 0 unspecified atom stereocenters. The Hall–Kier alpha value is -1.09. The summed E-state index contributed by atoms with van der Waals surface area (Å²) in [6.45, 7) is 1.95. The smallest absolute Gasteiger partial charge is 0.274 e. The molecule has 0 spiro atoms. The Morgan fingerprint density at radius 3 is 2.80 bits per heavy atom. The lowest BCUT2D eigenvalue weighted by Crippen LogP contribution is -2.38. The SMILES string of the molecule is O=S(=O)(NC[C@H]1OCCNC[C@H]1c1ccc(Cl)c(Cl)c1)c1ccco1. The highest BCUT2D eigenvalue weighted by Crippen LogP contribution is 2.29. The van der Waals surface area contributed by atoms with E-state index in [4.69, 9.17) is 32.4 Å². The van der Waals surface area contributed by atoms with Gasteiger partial charge in [0.2, 0.25) is 5.09 Å². The monoisotopic (exact) mass is 404 g/mol. The zero-order valence-corrected chi connectivity index (χ0v) is 15.6. The van der Waals surface area contributed by atoms with E-state index in [-0.39, 0.29) is 23.7 Å². The molecule has 0 amide bonds. The maximum absolute atomic E-state index is 12.2. The van der Waals surface area contributed by atoms with Crippen LogP contribution in [0.1, 0.15) is 11.5 Å². The number of furan rings is 1. The molecule has 1 aliphatic rings. The molecule has 1 aromatic carbocycles. The highest BCUT2D eigenvalue weighted by Gasteiger charge is 2.28. The average Bonchev–Trinajstić information content (AvgIpc) is 3.03. The van der Waals surface area contributed by atoms with Crippen LogP contribution in [0.5, 0.6) is 0 Å². The van der Waals surface area contributed by atoms with Crippen molar-refractivity contribution in [3.63, 3.8) is 0 Å². The molecule has 1 aromatic heterocycles. The van der Waals surface area contributed by atoms with E-state index in [1.165, 1.54) is 18.4 Å². The first-order chi connectivity index (χ1) is 12.0. The summed E-state index contributed by atoms with van der Waals surface area (Å²) in [5, 5.41) is 4.10. The molecule has 0 saturated carbocycles. The first-order valence-corrected chi connectivity index (χ1v) is 10.0. The quantitative estimate of drug-likeness (QED) is 0.800. The van der Waals surface area contributed by atoms with Crippen molar-refractivity contribution in [1.82, 2.24) is 10.0 Å². The van der Waals surface area contributed by atoms with Gasteiger partial charge in [0.1, 0.15) is 0 Å². The van der Waals surface area contributed by atoms with Gasteiger partial charge in [0.05, 0.1) is 29.0 Å². The summed E-state index contributed by atoms with van der Waals surface area (Å²) >= 11 is 12.1. The zero-order valence-electron chi connectivity index (χ0n) is 13.2. The molecular weight excluding hydrogens is 387 g/mol. The Labute approximate surface area is 156 Å². The first-order valence-electron chi connectivity index (χ1n) is 7.78. The second kappa shape index (κ2) is 8.07. The molecule has 2 aromatic rings. The molecule has 9 heteroatoms. The summed E-state index contributed by atoms with van der Waals surface area (Å²) in [6, 6.07) is 8.32. The predicted molar refractivity (Wildman–Crippen MR) is 95.7 cm³/mol. The molecule has 2 atom stereocenters. The van der Waals surface area contributed by atoms with Crippen molar-refractivity contribution in [2.75, 3.05) is 26.2 Å². The largest absolute Gasteiger partial charge is 0.452 e. The normalized spacial score (nSPS) is 21.8. The van der Waals surface area contributed by atoms with E-state index in [1.54, 1.807) is 12.1 Å². The summed E-state index contributed by atoms with van der Waals surface area (Å²) in [4.78, 5) is 0. The molecule has 6 nitrogen and oxygen atoms in total. The van der Waals surface area contributed by atoms with E-state index in [1.807, 2.05) is 6.07 Å². The number of nitrogens with one attached hydrogen (secondary N) is 2. The Bertz CT molecular complexity index is 812. The van der Waals surface area contributed by atoms with Gasteiger partial charge in [-0.25, -0.2) is 13.1 Å². The molecule has 0 aliphatic carbocycles. The van der Waals surface area contributed by atoms with E-state index < -0.39 is 10.0 Å². The highest BCUT2D eigenvalue weighted by molar-refractivity contribution is 7.89. The average molecular weight is 405 g/mol. The number of benzene rings is 1. The summed E-state index contributed by atoms with van der Waals surface area (Å²) in [5.41, 5.74) is 0.936. The van der Waals surface area contributed by atoms with Gasteiger partial charge < -0.3 is 14.5 Å². The van der Waals surface area contributed by atoms with Crippen molar-refractivity contribution < 1.29 is 17.6 Å². The molecule has 1 saturated heterocycles. The van der Waals surface area contributed by atoms with E-state index in [2.05, 4.69) is 10.0 Å². The lowest BCUT2D eigenvalue weighted by atomic mass is 9.93. The fourth-order valence-corrected chi connectivity index (χ4v) is 4.02. The van der Waals surface area contributed by atoms with Crippen molar-refractivity contribution in [1.29, 1.82) is 0 Å². The minimum Gasteiger partial charge on any atom is -0.452 e. The number of ether oxygens (including phenoxy) is 1. The lowest BCUT2D eigenvalue weighted by molar-refractivity contribution is 0.0559. The van der Waals surface area contributed by atoms with Gasteiger partial charge in [-0.1, -0.05) is 29.3 Å². The summed E-state index contributed by atoms with van der Waals surface area (Å²) in [6.07, 6.45) is 0.969. The molecule has 0 radical (unpaired) electrons. The zero-order chi connectivity index (χ0) is 17.9. The van der Waals surface area contributed by atoms with Crippen LogP contribution in [-0.2, 0) is 14.8 Å². The van der Waals surface area contributed by atoms with Crippen molar-refractivity contribution in [3.05, 3.63) is 52.2 Å². The standard InChI is InChI=1S/C16H18Cl2N2O4S/c17-13-4-3-11(8-14(13)18)12-9-19-5-7-23-15(12)10-20-25(21,22)16-2-1-6-24-16/h1-4,6,8,12,15,19-20H,5,7,9-10H2/t12-,15+/m0/s1. The van der Waals surface area contributed by atoms with Crippen LogP contribution in [0.3, 0.4) is 0 Å². The summed E-state index contributed by atoms with van der Waals surface area (Å²) in [5.74, 6) is -0.0726. The third-order valence-corrected chi connectivity index (χ3v) is 6.08. The Morgan fingerprint density at radius 2 is 2.08 bits per heavy atom. The topological polar surface area (TPSA) is 80.6 Å². The second-order valence-electron chi connectivity index (χ2n) is 5.68. The number of hydrogen-bond donors (Lipinski definition) is 2. The lowest BCUT2D eigenvalue weighted by Gasteiger charge is -2.25. The van der Waals surface area contributed by atoms with Crippen LogP contribution in [0.2, 0.25) is 10.0 Å². The van der Waals surface area contributed by atoms with Gasteiger partial charge >= 0.3 is 0 Å². The minimum absolute atomic E-state index is 0.0726. The maximum atomic E-state index is 12.2. The van der Waals surface area contributed by atoms with Crippen LogP contribution >= 0.6 is 23.2 Å². The van der Waals surface area contributed by atoms with Gasteiger partial charge in [-0.15, -0.1) is 0 Å². The van der Waals surface area contributed by atoms with Gasteiger partial charge in [-0.05, 0) is 29.8 Å². The molecule has 25 heavy (non-hydrogen) atoms. The maximum Gasteiger partial charge on any atom is 0.274 e. The number of hydrogen-bond acceptors (Lipinski definition) is 5. The van der Waals surface area contributed by atoms with Crippen molar-refractivity contribution in [2.45, 2.75) is 17.1 Å². The fourth-order valence-electron chi connectivity index (χ4n) is 2.74. The van der Waals surface area contributed by atoms with Crippen molar-refractivity contribution in [3.8, 4) is 0 Å². The van der Waals surface area contributed by atoms with Crippen LogP contribution in [0, 0.1) is 0 Å². The third-order valence-electron chi connectivity index (χ3n) is 4.03. The predicted octanol–water partition coefficient (Wildman–Crippen LogP) is 2.64. The number of sulfonamides is 1. The minimum atomic E-state index is -3.71. The molecule has 1 aliphatic heterocycles. The highest BCUT2D eigenvalue weighted by atomic mass is 35.5. The molecule has 1 fully saturated rings. The van der Waals surface area contributed by atoms with Gasteiger partial charge in [-0.2, -0.15) is 0 Å². The molecule has 0 bridgehead atoms. The van der Waals surface area contributed by atoms with E-state index in [9.17, 15) is 8.42 Å². The molecule has 136 valence electrons. The van der Waals surface area contributed by atoms with Gasteiger partial charge in [0.25, 0.3) is 10.0 Å². The van der Waals surface area contributed by atoms with Crippen LogP contribution < -0.4 is 10.0 Å². The first kappa shape index (κ1) is 18.7. The second-order valence-corrected chi connectivity index (χ2v) is 8.19. The number of halogens is 2. The van der Waals surface area contributed by atoms with Crippen LogP contribution in [0.25, 0.3) is 0 Å². The van der Waals surface area contributed by atoms with Crippen LogP contribution in [0.4, 0.5) is 0 Å². The number of rotatable bonds is 5. The molecular formula is C16H18Cl2N2O4S. The van der Waals surface area contributed by atoms with Crippen molar-refractivity contribution >= 4 is 33.2 Å². The summed E-state index contributed by atoms with van der Waals surface area (Å²) < 4.78 is 37.9. The van der Waals surface area contributed by atoms with E-state index in [0.717, 1.165) is 5.56 Å². The van der Waals surface area contributed by atoms with Gasteiger partial charge in [0.15, 0.2) is 0 Å². The third kappa shape index (κ3) is 4.55. The Balaban J connectivity index is 1.77. The van der Waals surface area contributed by atoms with Crippen LogP contribution in [0.15, 0.2) is 46.1 Å². The molecule has 3 rings (SSSR count). The van der Waals surface area contributed by atoms with E-state index in [0.29, 0.717) is 29.7 Å². The fraction of sp³-hybridized carbons (Fsp3) is 0.375. The summed E-state index contributed by atoms with van der Waals surface area (Å²) in [7, 11) is -3.71. The van der Waals surface area contributed by atoms with Gasteiger partial charge in [-0.3, -0.25) is 0 Å². The Morgan fingerprint density at radius 1 is 1.24 bits per heavy atom. The Kier molecular flexibility index (Phi) is 6.04. The van der Waals surface area contributed by atoms with Crippen LogP contribution in [-0.4, -0.2) is 40.8 Å². The van der Waals surface area contributed by atoms with Gasteiger partial charge in [0, 0.05) is 25.6 Å². The van der Waals surface area contributed by atoms with E-state index >= 15 is 0 Å². The van der Waals surface area contributed by atoms with Crippen molar-refractivity contribution in [2.24, 2.45) is 0 Å². The molecule has 2 N–H and O–H groups in total. The molecule has 2 heterocycles.